The van der Waals surface area contributed by atoms with Gasteiger partial charge in [-0.1, -0.05) is 29.8 Å². The van der Waals surface area contributed by atoms with Crippen LogP contribution in [0.15, 0.2) is 42.5 Å². The lowest BCUT2D eigenvalue weighted by molar-refractivity contribution is -0.138. The van der Waals surface area contributed by atoms with Crippen molar-refractivity contribution in [3.8, 4) is 0 Å². The Morgan fingerprint density at radius 2 is 1.82 bits per heavy atom. The molecule has 2 amide bonds. The number of hydrogen-bond acceptors (Lipinski definition) is 2. The van der Waals surface area contributed by atoms with E-state index in [9.17, 15) is 18.4 Å². The maximum atomic E-state index is 13.7. The minimum absolute atomic E-state index is 0.0122. The number of nitrogens with one attached hydrogen (secondary N) is 1. The standard InChI is InChI=1S/C21H21ClF2N2O2/c22-16-7-4-14(5-8-16)10-11-26-13-15(6-9-20(26)27)21(28)25-12-17-18(23)2-1-3-19(17)24/h1-5,7-8,15H,6,9-13H2,(H,25,28). The van der Waals surface area contributed by atoms with E-state index in [4.69, 9.17) is 11.6 Å². The van der Waals surface area contributed by atoms with Crippen LogP contribution in [0.25, 0.3) is 0 Å². The number of piperidine rings is 1. The largest absolute Gasteiger partial charge is 0.352 e. The second kappa shape index (κ2) is 9.15. The molecule has 1 aliphatic heterocycles. The van der Waals surface area contributed by atoms with E-state index in [0.717, 1.165) is 17.7 Å². The molecule has 0 bridgehead atoms. The molecule has 0 aliphatic carbocycles. The summed E-state index contributed by atoms with van der Waals surface area (Å²) < 4.78 is 27.4. The van der Waals surface area contributed by atoms with Gasteiger partial charge in [0.15, 0.2) is 0 Å². The zero-order chi connectivity index (χ0) is 20.1. The van der Waals surface area contributed by atoms with Crippen molar-refractivity contribution in [3.63, 3.8) is 0 Å². The lowest BCUT2D eigenvalue weighted by atomic mass is 9.96. The van der Waals surface area contributed by atoms with Gasteiger partial charge < -0.3 is 10.2 Å². The quantitative estimate of drug-likeness (QED) is 0.795. The molecule has 2 aromatic carbocycles. The molecule has 0 radical (unpaired) electrons. The third kappa shape index (κ3) is 5.07. The number of likely N-dealkylation sites (tertiary alicyclic amines) is 1. The molecular formula is C21H21ClF2N2O2. The Hall–Kier alpha value is -2.47. The van der Waals surface area contributed by atoms with Crippen molar-refractivity contribution in [3.05, 3.63) is 70.2 Å². The third-order valence-corrected chi connectivity index (χ3v) is 5.21. The Kier molecular flexibility index (Phi) is 6.62. The summed E-state index contributed by atoms with van der Waals surface area (Å²) in [7, 11) is 0. The fourth-order valence-electron chi connectivity index (χ4n) is 3.28. The molecular weight excluding hydrogens is 386 g/mol. The van der Waals surface area contributed by atoms with Gasteiger partial charge in [-0.25, -0.2) is 8.78 Å². The maximum Gasteiger partial charge on any atom is 0.225 e. The van der Waals surface area contributed by atoms with E-state index in [1.165, 1.54) is 6.07 Å². The molecule has 0 saturated carbocycles. The molecule has 1 N–H and O–H groups in total. The highest BCUT2D eigenvalue weighted by atomic mass is 35.5. The first-order chi connectivity index (χ1) is 13.4. The summed E-state index contributed by atoms with van der Waals surface area (Å²) in [6, 6.07) is 11.0. The van der Waals surface area contributed by atoms with Gasteiger partial charge in [-0.3, -0.25) is 9.59 Å². The van der Waals surface area contributed by atoms with Crippen LogP contribution < -0.4 is 5.32 Å². The van der Waals surface area contributed by atoms with Crippen LogP contribution in [0, 0.1) is 17.6 Å². The predicted octanol–water partition coefficient (Wildman–Crippen LogP) is 3.72. The van der Waals surface area contributed by atoms with Gasteiger partial charge in [0, 0.05) is 36.6 Å². The number of nitrogens with zero attached hydrogens (tertiary/aromatic N) is 1. The van der Waals surface area contributed by atoms with Crippen molar-refractivity contribution < 1.29 is 18.4 Å². The predicted molar refractivity (Wildman–Crippen MR) is 103 cm³/mol. The monoisotopic (exact) mass is 406 g/mol. The van der Waals surface area contributed by atoms with Gasteiger partial charge in [0.2, 0.25) is 11.8 Å². The smallest absolute Gasteiger partial charge is 0.225 e. The molecule has 28 heavy (non-hydrogen) atoms. The fraction of sp³-hybridized carbons (Fsp3) is 0.333. The highest BCUT2D eigenvalue weighted by Crippen LogP contribution is 2.20. The molecule has 1 saturated heterocycles. The highest BCUT2D eigenvalue weighted by Gasteiger charge is 2.30. The van der Waals surface area contributed by atoms with E-state index in [1.54, 1.807) is 17.0 Å². The van der Waals surface area contributed by atoms with Gasteiger partial charge in [0.05, 0.1) is 5.92 Å². The van der Waals surface area contributed by atoms with E-state index in [0.29, 0.717) is 31.0 Å². The van der Waals surface area contributed by atoms with Crippen molar-refractivity contribution in [1.29, 1.82) is 0 Å². The summed E-state index contributed by atoms with van der Waals surface area (Å²) in [5.74, 6) is -2.06. The SMILES string of the molecule is O=C(NCc1c(F)cccc1F)C1CCC(=O)N(CCc2ccc(Cl)cc2)C1. The number of benzene rings is 2. The Morgan fingerprint density at radius 3 is 2.50 bits per heavy atom. The Morgan fingerprint density at radius 1 is 1.14 bits per heavy atom. The van der Waals surface area contributed by atoms with E-state index in [2.05, 4.69) is 5.32 Å². The number of hydrogen-bond donors (Lipinski definition) is 1. The van der Waals surface area contributed by atoms with Gasteiger partial charge in [-0.15, -0.1) is 0 Å². The highest BCUT2D eigenvalue weighted by molar-refractivity contribution is 6.30. The molecule has 4 nitrogen and oxygen atoms in total. The van der Waals surface area contributed by atoms with Crippen molar-refractivity contribution >= 4 is 23.4 Å². The molecule has 3 rings (SSSR count). The lowest BCUT2D eigenvalue weighted by Crippen LogP contribution is -2.46. The number of carbonyl (C=O) groups excluding carboxylic acids is 2. The van der Waals surface area contributed by atoms with Crippen molar-refractivity contribution in [2.24, 2.45) is 5.92 Å². The topological polar surface area (TPSA) is 49.4 Å². The molecule has 1 atom stereocenters. The minimum Gasteiger partial charge on any atom is -0.352 e. The van der Waals surface area contributed by atoms with Crippen LogP contribution in [0.3, 0.4) is 0 Å². The van der Waals surface area contributed by atoms with Crippen LogP contribution in [0.4, 0.5) is 8.78 Å². The van der Waals surface area contributed by atoms with Gasteiger partial charge in [-0.2, -0.15) is 0 Å². The average molecular weight is 407 g/mol. The van der Waals surface area contributed by atoms with Gasteiger partial charge in [0.25, 0.3) is 0 Å². The van der Waals surface area contributed by atoms with Gasteiger partial charge in [0.1, 0.15) is 11.6 Å². The fourth-order valence-corrected chi connectivity index (χ4v) is 3.41. The first-order valence-corrected chi connectivity index (χ1v) is 9.54. The first kappa shape index (κ1) is 20.3. The molecule has 1 aliphatic rings. The Balaban J connectivity index is 1.54. The normalized spacial score (nSPS) is 16.9. The minimum atomic E-state index is -0.691. The van der Waals surface area contributed by atoms with E-state index in [1.807, 2.05) is 12.1 Å². The molecule has 1 fully saturated rings. The first-order valence-electron chi connectivity index (χ1n) is 9.17. The summed E-state index contributed by atoms with van der Waals surface area (Å²) in [5.41, 5.74) is 0.890. The van der Waals surface area contributed by atoms with Gasteiger partial charge >= 0.3 is 0 Å². The van der Waals surface area contributed by atoms with Crippen LogP contribution >= 0.6 is 11.6 Å². The number of amides is 2. The van der Waals surface area contributed by atoms with Crippen LogP contribution in [-0.4, -0.2) is 29.8 Å². The van der Waals surface area contributed by atoms with Crippen LogP contribution in [0.1, 0.15) is 24.0 Å². The second-order valence-corrected chi connectivity index (χ2v) is 7.31. The molecule has 7 heteroatoms. The van der Waals surface area contributed by atoms with Gasteiger partial charge in [-0.05, 0) is 42.7 Å². The van der Waals surface area contributed by atoms with Crippen LogP contribution in [-0.2, 0) is 22.6 Å². The molecule has 148 valence electrons. The second-order valence-electron chi connectivity index (χ2n) is 6.87. The van der Waals surface area contributed by atoms with Crippen molar-refractivity contribution in [1.82, 2.24) is 10.2 Å². The zero-order valence-electron chi connectivity index (χ0n) is 15.3. The average Bonchev–Trinajstić information content (AvgIpc) is 2.68. The van der Waals surface area contributed by atoms with E-state index >= 15 is 0 Å². The molecule has 0 aromatic heterocycles. The third-order valence-electron chi connectivity index (χ3n) is 4.96. The number of carbonyl (C=O) groups is 2. The summed E-state index contributed by atoms with van der Waals surface area (Å²) in [4.78, 5) is 26.3. The summed E-state index contributed by atoms with van der Waals surface area (Å²) in [6.07, 6.45) is 1.38. The number of rotatable bonds is 6. The summed E-state index contributed by atoms with van der Waals surface area (Å²) >= 11 is 5.88. The zero-order valence-corrected chi connectivity index (χ0v) is 16.0. The molecule has 2 aromatic rings. The van der Waals surface area contributed by atoms with E-state index < -0.39 is 17.6 Å². The maximum absolute atomic E-state index is 13.7. The number of halogens is 3. The molecule has 1 unspecified atom stereocenters. The Labute approximate surface area is 167 Å². The molecule has 0 spiro atoms. The summed E-state index contributed by atoms with van der Waals surface area (Å²) in [6.45, 7) is 0.594. The van der Waals surface area contributed by atoms with Crippen LogP contribution in [0.5, 0.6) is 0 Å². The van der Waals surface area contributed by atoms with Crippen LogP contribution in [0.2, 0.25) is 5.02 Å². The summed E-state index contributed by atoms with van der Waals surface area (Å²) in [5, 5.41) is 3.25. The van der Waals surface area contributed by atoms with E-state index in [-0.39, 0.29) is 30.3 Å². The lowest BCUT2D eigenvalue weighted by Gasteiger charge is -2.32. The van der Waals surface area contributed by atoms with Crippen molar-refractivity contribution in [2.45, 2.75) is 25.8 Å². The molecule has 1 heterocycles. The Bertz CT molecular complexity index is 838. The van der Waals surface area contributed by atoms with Crippen molar-refractivity contribution in [2.75, 3.05) is 13.1 Å².